The van der Waals surface area contributed by atoms with Crippen molar-refractivity contribution in [2.45, 2.75) is 29.8 Å². The second-order valence-corrected chi connectivity index (χ2v) is 8.18. The van der Waals surface area contributed by atoms with Crippen LogP contribution in [0.4, 0.5) is 13.2 Å². The fourth-order valence-electron chi connectivity index (χ4n) is 3.07. The van der Waals surface area contributed by atoms with Gasteiger partial charge in [0.15, 0.2) is 5.16 Å². The maximum Gasteiger partial charge on any atom is 0.417 e. The first-order chi connectivity index (χ1) is 15.8. The molecular formula is C22H16ClF3N4O2S. The van der Waals surface area contributed by atoms with Gasteiger partial charge in [-0.1, -0.05) is 29.8 Å². The molecule has 0 radical (unpaired) electrons. The summed E-state index contributed by atoms with van der Waals surface area (Å²) in [5, 5.41) is 0.527. The molecule has 6 nitrogen and oxygen atoms in total. The third-order valence-corrected chi connectivity index (χ3v) is 5.97. The van der Waals surface area contributed by atoms with Crippen LogP contribution in [0.15, 0.2) is 64.9 Å². The van der Waals surface area contributed by atoms with Crippen molar-refractivity contribution >= 4 is 40.4 Å². The van der Waals surface area contributed by atoms with E-state index in [4.69, 9.17) is 16.3 Å². The lowest BCUT2D eigenvalue weighted by atomic mass is 10.3. The second kappa shape index (κ2) is 9.40. The number of aromatic nitrogens is 4. The number of para-hydroxylation sites is 2. The molecule has 0 saturated carbocycles. The second-order valence-electron chi connectivity index (χ2n) is 6.81. The lowest BCUT2D eigenvalue weighted by molar-refractivity contribution is -0.137. The fraction of sp³-hybridized carbons (Fsp3) is 0.182. The van der Waals surface area contributed by atoms with Crippen molar-refractivity contribution in [1.82, 2.24) is 19.5 Å². The summed E-state index contributed by atoms with van der Waals surface area (Å²) in [5.74, 6) is -0.523. The number of nitrogens with zero attached hydrogens (tertiary/aromatic N) is 4. The lowest BCUT2D eigenvalue weighted by Gasteiger charge is -2.11. The highest BCUT2D eigenvalue weighted by Crippen LogP contribution is 2.37. The van der Waals surface area contributed by atoms with Crippen LogP contribution < -0.4 is 0 Å². The largest absolute Gasteiger partial charge is 0.461 e. The minimum absolute atomic E-state index is 0.129. The molecule has 4 aromatic rings. The monoisotopic (exact) mass is 492 g/mol. The molecular weight excluding hydrogens is 477 g/mol. The van der Waals surface area contributed by atoms with Crippen LogP contribution in [0.3, 0.4) is 0 Å². The van der Waals surface area contributed by atoms with Crippen LogP contribution >= 0.6 is 23.4 Å². The maximum absolute atomic E-state index is 12.9. The van der Waals surface area contributed by atoms with Gasteiger partial charge in [-0.3, -0.25) is 0 Å². The highest BCUT2D eigenvalue weighted by molar-refractivity contribution is 7.99. The predicted molar refractivity (Wildman–Crippen MR) is 117 cm³/mol. The van der Waals surface area contributed by atoms with Crippen LogP contribution in [-0.2, 0) is 17.5 Å². The molecule has 170 valence electrons. The van der Waals surface area contributed by atoms with Crippen LogP contribution in [-0.4, -0.2) is 32.1 Å². The van der Waals surface area contributed by atoms with E-state index in [0.29, 0.717) is 16.4 Å². The summed E-state index contributed by atoms with van der Waals surface area (Å²) in [6.45, 7) is 2.20. The highest BCUT2D eigenvalue weighted by Gasteiger charge is 2.31. The molecule has 0 spiro atoms. The van der Waals surface area contributed by atoms with Gasteiger partial charge in [-0.2, -0.15) is 13.2 Å². The van der Waals surface area contributed by atoms with E-state index in [2.05, 4.69) is 15.0 Å². The molecule has 0 atom stereocenters. The minimum Gasteiger partial charge on any atom is -0.461 e. The normalized spacial score (nSPS) is 11.7. The topological polar surface area (TPSA) is 69.9 Å². The number of alkyl halides is 3. The van der Waals surface area contributed by atoms with Gasteiger partial charge in [0.1, 0.15) is 10.7 Å². The Kier molecular flexibility index (Phi) is 6.57. The molecule has 0 bridgehead atoms. The summed E-state index contributed by atoms with van der Waals surface area (Å²) >= 11 is 7.14. The summed E-state index contributed by atoms with van der Waals surface area (Å²) in [7, 11) is 0. The number of rotatable bonds is 6. The van der Waals surface area contributed by atoms with Crippen molar-refractivity contribution in [1.29, 1.82) is 0 Å². The zero-order chi connectivity index (χ0) is 23.6. The lowest BCUT2D eigenvalue weighted by Crippen LogP contribution is -2.10. The van der Waals surface area contributed by atoms with Crippen molar-refractivity contribution < 1.29 is 22.7 Å². The molecule has 3 aromatic heterocycles. The van der Waals surface area contributed by atoms with E-state index in [1.807, 2.05) is 28.8 Å². The summed E-state index contributed by atoms with van der Waals surface area (Å²) in [5.41, 5.74) is 1.30. The van der Waals surface area contributed by atoms with Crippen molar-refractivity contribution in [3.8, 4) is 0 Å². The van der Waals surface area contributed by atoms with Crippen LogP contribution in [0, 0.1) is 0 Å². The molecule has 0 unspecified atom stereocenters. The van der Waals surface area contributed by atoms with Crippen LogP contribution in [0.5, 0.6) is 0 Å². The van der Waals surface area contributed by atoms with E-state index in [9.17, 15) is 18.0 Å². The third kappa shape index (κ3) is 5.12. The van der Waals surface area contributed by atoms with Crippen LogP contribution in [0.2, 0.25) is 5.02 Å². The quantitative estimate of drug-likeness (QED) is 0.313. The number of benzene rings is 1. The minimum atomic E-state index is -4.54. The van der Waals surface area contributed by atoms with Gasteiger partial charge in [-0.15, -0.1) is 0 Å². The van der Waals surface area contributed by atoms with Gasteiger partial charge in [0.05, 0.1) is 40.5 Å². The first kappa shape index (κ1) is 23.1. The molecule has 11 heteroatoms. The van der Waals surface area contributed by atoms with E-state index < -0.39 is 17.7 Å². The van der Waals surface area contributed by atoms with Crippen molar-refractivity contribution in [2.75, 3.05) is 6.61 Å². The summed E-state index contributed by atoms with van der Waals surface area (Å²) in [4.78, 5) is 24.9. The molecule has 4 rings (SSSR count). The Bertz CT molecular complexity index is 1330. The number of carbonyl (C=O) groups is 1. The van der Waals surface area contributed by atoms with Gasteiger partial charge in [0, 0.05) is 6.20 Å². The van der Waals surface area contributed by atoms with Crippen LogP contribution in [0.25, 0.3) is 11.0 Å². The van der Waals surface area contributed by atoms with Crippen molar-refractivity contribution in [3.63, 3.8) is 0 Å². The Morgan fingerprint density at radius 1 is 1.15 bits per heavy atom. The number of carbonyl (C=O) groups excluding carboxylic acids is 1. The molecule has 33 heavy (non-hydrogen) atoms. The average Bonchev–Trinajstić information content (AvgIpc) is 3.12. The molecule has 0 aliphatic carbocycles. The van der Waals surface area contributed by atoms with Gasteiger partial charge in [-0.05, 0) is 49.0 Å². The SMILES string of the molecule is CCOC(=O)c1cccc(Cn2c(Sc3ncc(C(F)(F)F)cc3Cl)nc3ccccc32)n1. The number of fused-ring (bicyclic) bond motifs is 1. The van der Waals surface area contributed by atoms with Gasteiger partial charge < -0.3 is 9.30 Å². The number of esters is 1. The first-order valence-corrected chi connectivity index (χ1v) is 10.9. The fourth-order valence-corrected chi connectivity index (χ4v) is 4.21. The van der Waals surface area contributed by atoms with Gasteiger partial charge >= 0.3 is 12.1 Å². The van der Waals surface area contributed by atoms with E-state index in [0.717, 1.165) is 29.5 Å². The smallest absolute Gasteiger partial charge is 0.417 e. The molecule has 0 amide bonds. The summed E-state index contributed by atoms with van der Waals surface area (Å²) in [6.07, 6.45) is -3.80. The molecule has 0 aliphatic heterocycles. The van der Waals surface area contributed by atoms with Gasteiger partial charge in [0.25, 0.3) is 0 Å². The number of imidazole rings is 1. The van der Waals surface area contributed by atoms with E-state index in [1.54, 1.807) is 25.1 Å². The van der Waals surface area contributed by atoms with Gasteiger partial charge in [-0.25, -0.2) is 19.7 Å². The predicted octanol–water partition coefficient (Wildman–Crippen LogP) is 5.87. The Hall–Kier alpha value is -3.11. The van der Waals surface area contributed by atoms with E-state index in [1.165, 1.54) is 0 Å². The van der Waals surface area contributed by atoms with Crippen molar-refractivity contribution in [2.24, 2.45) is 0 Å². The summed E-state index contributed by atoms with van der Waals surface area (Å²) in [6, 6.07) is 13.2. The molecule has 0 aliphatic rings. The molecule has 0 fully saturated rings. The van der Waals surface area contributed by atoms with E-state index >= 15 is 0 Å². The summed E-state index contributed by atoms with van der Waals surface area (Å²) < 4.78 is 45.7. The van der Waals surface area contributed by atoms with Gasteiger partial charge in [0.2, 0.25) is 0 Å². The number of halogens is 4. The Labute approximate surface area is 195 Å². The molecule has 0 saturated heterocycles. The Morgan fingerprint density at radius 3 is 2.67 bits per heavy atom. The molecule has 0 N–H and O–H groups in total. The average molecular weight is 493 g/mol. The zero-order valence-corrected chi connectivity index (χ0v) is 18.7. The third-order valence-electron chi connectivity index (χ3n) is 4.55. The Morgan fingerprint density at radius 2 is 1.94 bits per heavy atom. The molecule has 1 aromatic carbocycles. The van der Waals surface area contributed by atoms with Crippen LogP contribution in [0.1, 0.15) is 28.7 Å². The maximum atomic E-state index is 12.9. The standard InChI is InChI=1S/C22H16ClF3N4O2S/c1-2-32-20(31)17-8-5-6-14(28-17)12-30-18-9-4-3-7-16(18)29-21(30)33-19-15(23)10-13(11-27-19)22(24,25)26/h3-11H,2,12H2,1H3. The van der Waals surface area contributed by atoms with Crippen molar-refractivity contribution in [3.05, 3.63) is 76.7 Å². The zero-order valence-electron chi connectivity index (χ0n) is 17.1. The number of hydrogen-bond donors (Lipinski definition) is 0. The van der Waals surface area contributed by atoms with E-state index in [-0.39, 0.29) is 28.9 Å². The number of hydrogen-bond acceptors (Lipinski definition) is 6. The number of ether oxygens (including phenoxy) is 1. The Balaban J connectivity index is 1.70. The first-order valence-electron chi connectivity index (χ1n) is 9.75. The highest BCUT2D eigenvalue weighted by atomic mass is 35.5. The molecule has 3 heterocycles. The number of pyridine rings is 2.